The molecule has 0 saturated carbocycles. The highest BCUT2D eigenvalue weighted by Crippen LogP contribution is 2.34. The Hall–Kier alpha value is -2.90. The van der Waals surface area contributed by atoms with Gasteiger partial charge in [0.15, 0.2) is 10.0 Å². The molecule has 0 aliphatic heterocycles. The number of hydrogen-bond donors (Lipinski definition) is 1. The average Bonchev–Trinajstić information content (AvgIpc) is 3.22. The molecule has 34 heavy (non-hydrogen) atoms. The van der Waals surface area contributed by atoms with Gasteiger partial charge in [-0.15, -0.1) is 11.3 Å². The van der Waals surface area contributed by atoms with Crippen LogP contribution in [0.5, 0.6) is 5.88 Å². The highest BCUT2D eigenvalue weighted by atomic mass is 35.5. The van der Waals surface area contributed by atoms with Crippen LogP contribution in [0, 0.1) is 6.92 Å². The van der Waals surface area contributed by atoms with Crippen molar-refractivity contribution in [1.82, 2.24) is 9.55 Å². The van der Waals surface area contributed by atoms with Gasteiger partial charge < -0.3 is 5.11 Å². The smallest absolute Gasteiger partial charge is 0.354 e. The zero-order valence-corrected chi connectivity index (χ0v) is 20.9. The summed E-state index contributed by atoms with van der Waals surface area (Å²) in [6.07, 6.45) is 3.37. The zero-order chi connectivity index (χ0) is 24.0. The number of hydrogen-bond acceptors (Lipinski definition) is 4. The molecule has 1 N–H and O–H groups in total. The molecule has 5 aromatic rings. The van der Waals surface area contributed by atoms with Crippen LogP contribution in [0.25, 0.3) is 27.9 Å². The molecule has 2 aromatic carbocycles. The Morgan fingerprint density at radius 2 is 1.85 bits per heavy atom. The first-order chi connectivity index (χ1) is 16.3. The maximum absolute atomic E-state index is 13.6. The van der Waals surface area contributed by atoms with Crippen LogP contribution in [0.4, 0.5) is 0 Å². The number of rotatable bonds is 4. The van der Waals surface area contributed by atoms with E-state index in [0.29, 0.717) is 32.3 Å². The first-order valence-electron chi connectivity index (χ1n) is 10.3. The summed E-state index contributed by atoms with van der Waals surface area (Å²) in [6.45, 7) is 2.20. The van der Waals surface area contributed by atoms with Crippen molar-refractivity contribution in [1.29, 1.82) is 0 Å². The van der Waals surface area contributed by atoms with Crippen LogP contribution in [-0.4, -0.2) is 14.7 Å². The molecule has 0 bridgehead atoms. The lowest BCUT2D eigenvalue weighted by Gasteiger charge is -2.12. The Morgan fingerprint density at radius 3 is 2.59 bits per heavy atom. The van der Waals surface area contributed by atoms with E-state index in [1.54, 1.807) is 39.6 Å². The second-order valence-corrected chi connectivity index (χ2v) is 10.3. The van der Waals surface area contributed by atoms with E-state index in [-0.39, 0.29) is 17.0 Å². The van der Waals surface area contributed by atoms with Crippen molar-refractivity contribution in [3.8, 4) is 28.1 Å². The molecule has 9 heteroatoms. The molecule has 0 unspecified atom stereocenters. The van der Waals surface area contributed by atoms with E-state index in [9.17, 15) is 9.90 Å². The minimum atomic E-state index is -0.325. The number of benzene rings is 2. The van der Waals surface area contributed by atoms with Crippen molar-refractivity contribution in [2.24, 2.45) is 0 Å². The van der Waals surface area contributed by atoms with Crippen LogP contribution in [0.3, 0.4) is 0 Å². The number of thiazole rings is 1. The average molecular weight is 530 g/mol. The van der Waals surface area contributed by atoms with Crippen molar-refractivity contribution >= 4 is 51.8 Å². The number of pyridine rings is 1. The number of aromatic hydroxyl groups is 1. The zero-order valence-electron chi connectivity index (χ0n) is 17.8. The van der Waals surface area contributed by atoms with E-state index in [2.05, 4.69) is 4.98 Å². The molecule has 5 nitrogen and oxygen atoms in total. The first-order valence-corrected chi connectivity index (χ1v) is 12.2. The quantitative estimate of drug-likeness (QED) is 0.274. The Balaban J connectivity index is 1.76. The van der Waals surface area contributed by atoms with Crippen molar-refractivity contribution in [3.05, 3.63) is 102 Å². The van der Waals surface area contributed by atoms with Gasteiger partial charge in [-0.25, -0.2) is 9.78 Å². The van der Waals surface area contributed by atoms with Crippen LogP contribution >= 0.6 is 46.1 Å². The van der Waals surface area contributed by atoms with Gasteiger partial charge in [0.05, 0.1) is 11.1 Å². The molecule has 3 aromatic heterocycles. The van der Waals surface area contributed by atoms with E-state index in [1.165, 1.54) is 11.3 Å². The predicted octanol–water partition coefficient (Wildman–Crippen LogP) is 6.40. The van der Waals surface area contributed by atoms with Crippen molar-refractivity contribution in [2.75, 3.05) is 0 Å². The van der Waals surface area contributed by atoms with Crippen LogP contribution in [0.15, 0.2) is 71.8 Å². The molecular formula is C25H17Cl3N3O2S+. The molecule has 3 heterocycles. The fourth-order valence-electron chi connectivity index (χ4n) is 4.05. The van der Waals surface area contributed by atoms with Gasteiger partial charge >= 0.3 is 5.56 Å². The summed E-state index contributed by atoms with van der Waals surface area (Å²) in [4.78, 5) is 18.5. The highest BCUT2D eigenvalue weighted by Gasteiger charge is 2.27. The van der Waals surface area contributed by atoms with E-state index in [0.717, 1.165) is 21.6 Å². The minimum absolute atomic E-state index is 0.136. The highest BCUT2D eigenvalue weighted by molar-refractivity contribution is 7.15. The van der Waals surface area contributed by atoms with Crippen LogP contribution in [0.1, 0.15) is 10.4 Å². The number of nitrogens with zero attached hydrogens (tertiary/aromatic N) is 3. The van der Waals surface area contributed by atoms with Gasteiger partial charge in [0.25, 0.3) is 11.5 Å². The van der Waals surface area contributed by atoms with Gasteiger partial charge in [-0.3, -0.25) is 0 Å². The number of aryl methyl sites for hydroxylation is 1. The summed E-state index contributed by atoms with van der Waals surface area (Å²) in [6, 6.07) is 16.3. The molecule has 170 valence electrons. The van der Waals surface area contributed by atoms with Gasteiger partial charge in [0.1, 0.15) is 6.54 Å². The number of halogens is 3. The monoisotopic (exact) mass is 528 g/mol. The maximum atomic E-state index is 13.6. The first kappa shape index (κ1) is 22.9. The molecule has 0 fully saturated rings. The Bertz CT molecular complexity index is 1630. The maximum Gasteiger partial charge on any atom is 0.354 e. The lowest BCUT2D eigenvalue weighted by molar-refractivity contribution is -0.532. The fraction of sp³-hybridized carbons (Fsp3) is 0.0800. The lowest BCUT2D eigenvalue weighted by atomic mass is 10.00. The van der Waals surface area contributed by atoms with E-state index < -0.39 is 0 Å². The normalized spacial score (nSPS) is 11.3. The summed E-state index contributed by atoms with van der Waals surface area (Å²) >= 11 is 19.8. The topological polar surface area (TPSA) is 59.2 Å². The van der Waals surface area contributed by atoms with E-state index >= 15 is 0 Å². The molecular weight excluding hydrogens is 513 g/mol. The molecule has 0 radical (unpaired) electrons. The van der Waals surface area contributed by atoms with Crippen LogP contribution in [0.2, 0.25) is 14.5 Å². The van der Waals surface area contributed by atoms with E-state index in [1.807, 2.05) is 43.3 Å². The third kappa shape index (κ3) is 4.07. The third-order valence-electron chi connectivity index (χ3n) is 5.56. The largest absolute Gasteiger partial charge is 0.477 e. The molecule has 0 aliphatic rings. The minimum Gasteiger partial charge on any atom is -0.477 e. The predicted molar refractivity (Wildman–Crippen MR) is 137 cm³/mol. The molecule has 5 rings (SSSR count). The standard InChI is InChI=1S/C25H16Cl3N3O2S/c1-14-4-3-9-30-22(14)31(13-18-12-29-25(28)34-18)24(33)21(23(30)32)16-6-2-5-15(10-16)19-8-7-17(26)11-20(19)27/h2-12H,13H2,1H3/p+1. The van der Waals surface area contributed by atoms with Gasteiger partial charge in [0, 0.05) is 27.4 Å². The van der Waals surface area contributed by atoms with Gasteiger partial charge in [0.2, 0.25) is 0 Å². The molecule has 0 aliphatic carbocycles. The second-order valence-electron chi connectivity index (χ2n) is 7.76. The van der Waals surface area contributed by atoms with Crippen molar-refractivity contribution in [2.45, 2.75) is 13.5 Å². The van der Waals surface area contributed by atoms with Crippen molar-refractivity contribution < 1.29 is 9.51 Å². The summed E-state index contributed by atoms with van der Waals surface area (Å²) in [5.41, 5.74) is 3.44. The molecule has 0 saturated heterocycles. The third-order valence-corrected chi connectivity index (χ3v) is 7.21. The van der Waals surface area contributed by atoms with Gasteiger partial charge in [-0.05, 0) is 48.4 Å². The summed E-state index contributed by atoms with van der Waals surface area (Å²) in [7, 11) is 0. The molecule has 0 atom stereocenters. The Kier molecular flexibility index (Phi) is 6.08. The number of fused-ring (bicyclic) bond motifs is 1. The summed E-state index contributed by atoms with van der Waals surface area (Å²) in [5.74, 6) is -0.136. The SMILES string of the molecule is Cc1ccc[n+]2c(=O)c(-c3cccc(-c4ccc(Cl)cc4Cl)c3)c(O)n(Cc3cnc(Cl)s3)c12. The fourth-order valence-corrected chi connectivity index (χ4v) is 5.53. The van der Waals surface area contributed by atoms with Gasteiger partial charge in [-0.1, -0.05) is 59.1 Å². The molecule has 0 spiro atoms. The molecule has 0 amide bonds. The van der Waals surface area contributed by atoms with Crippen LogP contribution < -0.4 is 9.96 Å². The summed E-state index contributed by atoms with van der Waals surface area (Å²) < 4.78 is 3.67. The second kappa shape index (κ2) is 9.04. The Morgan fingerprint density at radius 1 is 1.06 bits per heavy atom. The van der Waals surface area contributed by atoms with E-state index in [4.69, 9.17) is 34.8 Å². The summed E-state index contributed by atoms with van der Waals surface area (Å²) in [5, 5.41) is 12.5. The van der Waals surface area contributed by atoms with Gasteiger partial charge in [-0.2, -0.15) is 8.97 Å². The van der Waals surface area contributed by atoms with Crippen LogP contribution in [-0.2, 0) is 6.54 Å². The van der Waals surface area contributed by atoms with Crippen molar-refractivity contribution in [3.63, 3.8) is 0 Å². The number of aromatic nitrogens is 3. The Labute approximate surface area is 214 Å². The lowest BCUT2D eigenvalue weighted by Crippen LogP contribution is -2.44.